The van der Waals surface area contributed by atoms with E-state index in [2.05, 4.69) is 25.8 Å². The van der Waals surface area contributed by atoms with Crippen molar-refractivity contribution >= 4 is 64.7 Å². The molecule has 0 aromatic carbocycles. The molecule has 0 saturated carbocycles. The zero-order valence-electron chi connectivity index (χ0n) is 30.2. The van der Waals surface area contributed by atoms with Crippen LogP contribution in [0.5, 0.6) is 5.75 Å². The number of allylic oxidation sites excluding steroid dienone is 2. The first-order chi connectivity index (χ1) is 25.9. The van der Waals surface area contributed by atoms with Crippen molar-refractivity contribution in [3.63, 3.8) is 0 Å². The van der Waals surface area contributed by atoms with E-state index in [-0.39, 0.29) is 53.2 Å². The molecular weight excluding hydrogens is 759 g/mol. The van der Waals surface area contributed by atoms with Crippen molar-refractivity contribution in [1.82, 2.24) is 25.4 Å². The Morgan fingerprint density at radius 3 is 2.64 bits per heavy atom. The SMILES string of the molecule is CCC/C=C(\N)S/C=C(C)/C(=N/OC(C)(C)C(=O)O)C(=O)N[C@@H]1C(=O)N2C(C(=O)O)=C(/C=C/CN3C=C(NC(=O)c4cc(=O)c(O)c[nH]4)C(N)=NC3)CSC12. The number of β-lactam (4-membered cyclic amide) rings is 1. The highest BCUT2D eigenvalue weighted by Gasteiger charge is 2.54. The molecule has 0 bridgehead atoms. The summed E-state index contributed by atoms with van der Waals surface area (Å²) in [6, 6.07) is -0.197. The van der Waals surface area contributed by atoms with Crippen LogP contribution in [-0.4, -0.2) is 107 Å². The monoisotopic (exact) mass is 799 g/mol. The van der Waals surface area contributed by atoms with Gasteiger partial charge in [-0.1, -0.05) is 48.5 Å². The number of aromatic amines is 1. The lowest BCUT2D eigenvalue weighted by Gasteiger charge is -2.49. The summed E-state index contributed by atoms with van der Waals surface area (Å²) in [5, 5.41) is 39.3. The molecule has 1 saturated heterocycles. The third kappa shape index (κ3) is 10.2. The number of aromatic nitrogens is 1. The summed E-state index contributed by atoms with van der Waals surface area (Å²) in [6.45, 7) is 6.34. The summed E-state index contributed by atoms with van der Waals surface area (Å²) in [6.07, 6.45) is 9.13. The number of rotatable bonds is 16. The van der Waals surface area contributed by atoms with Gasteiger partial charge in [0.1, 0.15) is 35.3 Å². The number of fused-ring (bicyclic) bond motifs is 1. The van der Waals surface area contributed by atoms with Crippen molar-refractivity contribution in [3.05, 3.63) is 85.6 Å². The molecule has 4 rings (SSSR count). The normalized spacial score (nSPS) is 19.3. The Kier molecular flexibility index (Phi) is 13.6. The molecule has 4 heterocycles. The number of nitrogens with two attached hydrogens (primary N) is 2. The number of carbonyl (C=O) groups is 5. The molecule has 1 unspecified atom stereocenters. The Morgan fingerprint density at radius 2 is 1.98 bits per heavy atom. The van der Waals surface area contributed by atoms with Crippen LogP contribution >= 0.6 is 23.5 Å². The summed E-state index contributed by atoms with van der Waals surface area (Å²) in [5.74, 6) is -5.26. The number of hydrogen-bond acceptors (Lipinski definition) is 15. The Bertz CT molecular complexity index is 2030. The number of amidine groups is 1. The number of thioether (sulfide) groups is 2. The average Bonchev–Trinajstić information content (AvgIpc) is 3.13. The summed E-state index contributed by atoms with van der Waals surface area (Å²) in [5.41, 5.74) is 9.49. The van der Waals surface area contributed by atoms with Gasteiger partial charge in [0.2, 0.25) is 11.0 Å². The summed E-state index contributed by atoms with van der Waals surface area (Å²) in [7, 11) is 0. The maximum atomic E-state index is 13.5. The van der Waals surface area contributed by atoms with E-state index in [1.807, 2.05) is 13.0 Å². The van der Waals surface area contributed by atoms with E-state index in [1.165, 1.54) is 31.8 Å². The average molecular weight is 800 g/mol. The summed E-state index contributed by atoms with van der Waals surface area (Å²) >= 11 is 2.35. The number of H-pyrrole nitrogens is 1. The van der Waals surface area contributed by atoms with Gasteiger partial charge in [-0.15, -0.1) is 11.8 Å². The van der Waals surface area contributed by atoms with Gasteiger partial charge in [-0.25, -0.2) is 14.6 Å². The van der Waals surface area contributed by atoms with E-state index in [4.69, 9.17) is 16.3 Å². The molecule has 3 amide bonds. The van der Waals surface area contributed by atoms with Crippen molar-refractivity contribution in [3.8, 4) is 5.75 Å². The van der Waals surface area contributed by atoms with Crippen molar-refractivity contribution in [2.24, 2.45) is 21.6 Å². The molecule has 3 aliphatic rings. The van der Waals surface area contributed by atoms with Crippen LogP contribution in [0.3, 0.4) is 0 Å². The van der Waals surface area contributed by atoms with E-state index < -0.39 is 57.9 Å². The second kappa shape index (κ2) is 17.9. The van der Waals surface area contributed by atoms with Crippen LogP contribution in [0.15, 0.2) is 84.6 Å². The van der Waals surface area contributed by atoms with Crippen LogP contribution in [0.25, 0.3) is 0 Å². The molecule has 55 heavy (non-hydrogen) atoms. The van der Waals surface area contributed by atoms with E-state index in [0.29, 0.717) is 10.6 Å². The van der Waals surface area contributed by atoms with E-state index in [1.54, 1.807) is 29.4 Å². The first-order valence-corrected chi connectivity index (χ1v) is 18.5. The van der Waals surface area contributed by atoms with Gasteiger partial charge < -0.3 is 52.1 Å². The second-order valence-electron chi connectivity index (χ2n) is 12.7. The third-order valence-electron chi connectivity index (χ3n) is 8.02. The number of nitrogens with zero attached hydrogens (tertiary/aromatic N) is 4. The van der Waals surface area contributed by atoms with E-state index in [0.717, 1.165) is 41.8 Å². The van der Waals surface area contributed by atoms with Gasteiger partial charge in [0, 0.05) is 30.8 Å². The van der Waals surface area contributed by atoms with Crippen LogP contribution in [-0.2, 0) is 24.0 Å². The second-order valence-corrected chi connectivity index (χ2v) is 14.7. The molecule has 21 heteroatoms. The Hall–Kier alpha value is -5.96. The van der Waals surface area contributed by atoms with E-state index in [9.17, 15) is 44.1 Å². The Balaban J connectivity index is 1.47. The maximum Gasteiger partial charge on any atom is 0.352 e. The number of nitrogens with one attached hydrogen (secondary N) is 3. The minimum atomic E-state index is -1.78. The fraction of sp³-hybridized carbons (Fsp3) is 0.353. The predicted octanol–water partition coefficient (Wildman–Crippen LogP) is 1.05. The predicted molar refractivity (Wildman–Crippen MR) is 205 cm³/mol. The van der Waals surface area contributed by atoms with Gasteiger partial charge >= 0.3 is 11.9 Å². The van der Waals surface area contributed by atoms with Gasteiger partial charge in [0.15, 0.2) is 11.5 Å². The lowest BCUT2D eigenvalue weighted by molar-refractivity contribution is -0.161. The highest BCUT2D eigenvalue weighted by Crippen LogP contribution is 2.40. The molecule has 1 aromatic heterocycles. The zero-order chi connectivity index (χ0) is 40.6. The minimum absolute atomic E-state index is 0.0302. The maximum absolute atomic E-state index is 13.5. The Labute approximate surface area is 323 Å². The molecule has 19 nitrogen and oxygen atoms in total. The molecule has 0 aliphatic carbocycles. The van der Waals surface area contributed by atoms with E-state index >= 15 is 0 Å². The molecule has 0 radical (unpaired) electrons. The number of aromatic hydroxyl groups is 1. The number of pyridine rings is 1. The molecular formula is C34H41N9O10S2. The van der Waals surface area contributed by atoms with Crippen LogP contribution in [0.2, 0.25) is 0 Å². The van der Waals surface area contributed by atoms with Crippen LogP contribution in [0.4, 0.5) is 0 Å². The van der Waals surface area contributed by atoms with Crippen LogP contribution < -0.4 is 27.5 Å². The standard InChI is InChI=1S/C34H41N9O10S2/c1-5-6-9-23(35)54-14-17(2)24(41-53-34(3,4)33(51)52)29(47)40-25-30(48)43-26(32(49)50)18(15-55-31(25)43)8-7-10-42-13-20(27(36)38-16-42)39-28(46)19-11-21(44)22(45)12-37-19/h7-9,11-14,25,31,45H,5-6,10,15-16,35H2,1-4H3,(H2,36,38)(H,37,44)(H,39,46)(H,40,47)(H,49,50)(H,51,52)/b8-7+,17-14+,23-9+,41-24-/t25-,31?/m1/s1. The van der Waals surface area contributed by atoms with Crippen molar-refractivity contribution in [2.75, 3.05) is 19.0 Å². The number of carboxylic acid groups (broad SMARTS) is 2. The lowest BCUT2D eigenvalue weighted by Crippen LogP contribution is -2.71. The van der Waals surface area contributed by atoms with Gasteiger partial charge in [0.25, 0.3) is 17.7 Å². The fourth-order valence-electron chi connectivity index (χ4n) is 4.88. The van der Waals surface area contributed by atoms with Gasteiger partial charge in [-0.2, -0.15) is 0 Å². The number of amides is 3. The Morgan fingerprint density at radius 1 is 1.25 bits per heavy atom. The largest absolute Gasteiger partial charge is 0.503 e. The molecule has 1 fully saturated rings. The lowest BCUT2D eigenvalue weighted by atomic mass is 10.0. The first-order valence-electron chi connectivity index (χ1n) is 16.6. The number of unbranched alkanes of at least 4 members (excludes halogenated alkanes) is 1. The third-order valence-corrected chi connectivity index (χ3v) is 10.2. The zero-order valence-corrected chi connectivity index (χ0v) is 31.8. The van der Waals surface area contributed by atoms with Crippen LogP contribution in [0.1, 0.15) is 51.0 Å². The molecule has 2 atom stereocenters. The number of hydrogen-bond donors (Lipinski definition) is 8. The highest BCUT2D eigenvalue weighted by molar-refractivity contribution is 8.05. The summed E-state index contributed by atoms with van der Waals surface area (Å²) in [4.78, 5) is 90.0. The minimum Gasteiger partial charge on any atom is -0.503 e. The molecule has 294 valence electrons. The summed E-state index contributed by atoms with van der Waals surface area (Å²) < 4.78 is 0. The number of aliphatic carboxylic acids is 2. The highest BCUT2D eigenvalue weighted by atomic mass is 32.2. The van der Waals surface area contributed by atoms with Gasteiger partial charge in [-0.05, 0) is 43.7 Å². The molecule has 1 aromatic rings. The van der Waals surface area contributed by atoms with Crippen molar-refractivity contribution in [2.45, 2.75) is 57.6 Å². The topological polar surface area (TPSA) is 295 Å². The van der Waals surface area contributed by atoms with Crippen molar-refractivity contribution in [1.29, 1.82) is 0 Å². The first kappa shape index (κ1) is 41.8. The van der Waals surface area contributed by atoms with Gasteiger partial charge in [-0.3, -0.25) is 24.1 Å². The quantitative estimate of drug-likeness (QED) is 0.0659. The number of aliphatic imine (C=N–C) groups is 1. The molecule has 0 spiro atoms. The molecule has 10 N–H and O–H groups in total. The van der Waals surface area contributed by atoms with Crippen LogP contribution in [0, 0.1) is 0 Å². The van der Waals surface area contributed by atoms with Gasteiger partial charge in [0.05, 0.1) is 10.7 Å². The van der Waals surface area contributed by atoms with Crippen molar-refractivity contribution < 1.29 is 44.1 Å². The smallest absolute Gasteiger partial charge is 0.352 e. The number of carbonyl (C=O) groups excluding carboxylic acids is 3. The number of oxime groups is 1. The number of carboxylic acids is 2. The molecule has 3 aliphatic heterocycles. The fourth-order valence-corrected chi connectivity index (χ4v) is 6.84.